The van der Waals surface area contributed by atoms with Crippen molar-refractivity contribution in [2.75, 3.05) is 25.1 Å². The van der Waals surface area contributed by atoms with Crippen LogP contribution in [0.5, 0.6) is 0 Å². The normalized spacial score (nSPS) is 11.2. The molecule has 1 heterocycles. The molecule has 0 saturated carbocycles. The molecule has 0 unspecified atom stereocenters. The Morgan fingerprint density at radius 1 is 1.39 bits per heavy atom. The van der Waals surface area contributed by atoms with Gasteiger partial charge in [0.15, 0.2) is 0 Å². The molecule has 0 fully saturated rings. The summed E-state index contributed by atoms with van der Waals surface area (Å²) in [5.41, 5.74) is 1.05. The van der Waals surface area contributed by atoms with Crippen molar-refractivity contribution in [2.45, 2.75) is 47.1 Å². The molecule has 0 aliphatic rings. The molecule has 1 aromatic rings. The second-order valence-corrected chi connectivity index (χ2v) is 5.14. The lowest BCUT2D eigenvalue weighted by molar-refractivity contribution is 0.124. The molecule has 0 aliphatic heterocycles. The summed E-state index contributed by atoms with van der Waals surface area (Å²) in [6.45, 7) is 12.0. The highest BCUT2D eigenvalue weighted by molar-refractivity contribution is 5.28. The van der Waals surface area contributed by atoms with Crippen molar-refractivity contribution in [1.29, 1.82) is 0 Å². The van der Waals surface area contributed by atoms with Crippen LogP contribution in [0.15, 0.2) is 6.20 Å². The van der Waals surface area contributed by atoms with Crippen LogP contribution in [0.25, 0.3) is 0 Å². The Morgan fingerprint density at radius 3 is 2.83 bits per heavy atom. The van der Waals surface area contributed by atoms with E-state index >= 15 is 0 Å². The first-order valence-electron chi connectivity index (χ1n) is 6.98. The van der Waals surface area contributed by atoms with Gasteiger partial charge in [0.2, 0.25) is 5.95 Å². The van der Waals surface area contributed by atoms with Gasteiger partial charge < -0.3 is 14.6 Å². The van der Waals surface area contributed by atoms with E-state index in [1.165, 1.54) is 6.42 Å². The summed E-state index contributed by atoms with van der Waals surface area (Å²) in [5, 5.41) is 3.38. The summed E-state index contributed by atoms with van der Waals surface area (Å²) in [4.78, 5) is 4.49. The third kappa shape index (κ3) is 5.54. The van der Waals surface area contributed by atoms with E-state index in [0.717, 1.165) is 44.4 Å². The second-order valence-electron chi connectivity index (χ2n) is 5.14. The summed E-state index contributed by atoms with van der Waals surface area (Å²) in [6.07, 6.45) is 4.40. The molecule has 0 bridgehead atoms. The van der Waals surface area contributed by atoms with Gasteiger partial charge in [0.25, 0.3) is 0 Å². The molecular weight excluding hydrogens is 226 g/mol. The minimum atomic E-state index is 0.622. The summed E-state index contributed by atoms with van der Waals surface area (Å²) in [5.74, 6) is 1.58. The zero-order valence-electron chi connectivity index (χ0n) is 12.2. The molecule has 4 nitrogen and oxygen atoms in total. The number of nitrogens with zero attached hydrogens (tertiary/aromatic N) is 2. The molecule has 0 atom stereocenters. The first-order valence-corrected chi connectivity index (χ1v) is 6.98. The first-order chi connectivity index (χ1) is 8.63. The van der Waals surface area contributed by atoms with Gasteiger partial charge in [-0.05, 0) is 19.3 Å². The van der Waals surface area contributed by atoms with Crippen LogP contribution in [0.4, 0.5) is 5.95 Å². The molecule has 0 aliphatic carbocycles. The Bertz CT molecular complexity index is 334. The van der Waals surface area contributed by atoms with Crippen LogP contribution in [0, 0.1) is 12.8 Å². The molecule has 0 amide bonds. The largest absolute Gasteiger partial charge is 0.380 e. The van der Waals surface area contributed by atoms with Gasteiger partial charge in [-0.2, -0.15) is 0 Å². The second kappa shape index (κ2) is 8.14. The number of unbranched alkanes of at least 4 members (excludes halogenated alkanes) is 1. The fraction of sp³-hybridized carbons (Fsp3) is 0.786. The standard InChI is InChI=1S/C14H27N3O/c1-5-6-8-18-9-7-17-11-13(4)16-14(17)15-10-12(2)3/h11-12H,5-10H2,1-4H3,(H,15,16). The molecule has 18 heavy (non-hydrogen) atoms. The lowest BCUT2D eigenvalue weighted by atomic mass is 10.2. The quantitative estimate of drug-likeness (QED) is 0.687. The number of hydrogen-bond donors (Lipinski definition) is 1. The van der Waals surface area contributed by atoms with Crippen molar-refractivity contribution in [2.24, 2.45) is 5.92 Å². The molecule has 104 valence electrons. The molecule has 1 rings (SSSR count). The maximum atomic E-state index is 5.59. The van der Waals surface area contributed by atoms with Crippen LogP contribution in [-0.2, 0) is 11.3 Å². The van der Waals surface area contributed by atoms with E-state index in [2.05, 4.69) is 41.8 Å². The lowest BCUT2D eigenvalue weighted by Gasteiger charge is -2.11. The van der Waals surface area contributed by atoms with Gasteiger partial charge in [0, 0.05) is 25.9 Å². The van der Waals surface area contributed by atoms with E-state index in [9.17, 15) is 0 Å². The minimum Gasteiger partial charge on any atom is -0.380 e. The summed E-state index contributed by atoms with van der Waals surface area (Å²) in [7, 11) is 0. The summed E-state index contributed by atoms with van der Waals surface area (Å²) in [6, 6.07) is 0. The molecular formula is C14H27N3O. The number of anilines is 1. The van der Waals surface area contributed by atoms with Crippen LogP contribution in [0.3, 0.4) is 0 Å². The fourth-order valence-electron chi connectivity index (χ4n) is 1.67. The molecule has 0 spiro atoms. The van der Waals surface area contributed by atoms with E-state index < -0.39 is 0 Å². The van der Waals surface area contributed by atoms with Crippen molar-refractivity contribution in [3.63, 3.8) is 0 Å². The Morgan fingerprint density at radius 2 is 2.17 bits per heavy atom. The number of aromatic nitrogens is 2. The molecule has 1 aromatic heterocycles. The third-order valence-corrected chi connectivity index (χ3v) is 2.68. The predicted octanol–water partition coefficient (Wildman–Crippen LogP) is 3.08. The van der Waals surface area contributed by atoms with Crippen LogP contribution in [0.2, 0.25) is 0 Å². The van der Waals surface area contributed by atoms with E-state index in [1.54, 1.807) is 0 Å². The first kappa shape index (κ1) is 15.0. The van der Waals surface area contributed by atoms with Crippen molar-refractivity contribution in [3.05, 3.63) is 11.9 Å². The van der Waals surface area contributed by atoms with Gasteiger partial charge in [-0.25, -0.2) is 4.98 Å². The number of hydrogen-bond acceptors (Lipinski definition) is 3. The Labute approximate surface area is 111 Å². The highest BCUT2D eigenvalue weighted by atomic mass is 16.5. The fourth-order valence-corrected chi connectivity index (χ4v) is 1.67. The number of aryl methyl sites for hydroxylation is 1. The zero-order chi connectivity index (χ0) is 13.4. The van der Waals surface area contributed by atoms with Gasteiger partial charge in [-0.1, -0.05) is 27.2 Å². The van der Waals surface area contributed by atoms with E-state index in [1.807, 2.05) is 6.92 Å². The zero-order valence-corrected chi connectivity index (χ0v) is 12.2. The van der Waals surface area contributed by atoms with Crippen LogP contribution >= 0.6 is 0 Å². The van der Waals surface area contributed by atoms with E-state index in [-0.39, 0.29) is 0 Å². The maximum absolute atomic E-state index is 5.59. The molecule has 4 heteroatoms. The molecule has 0 saturated heterocycles. The van der Waals surface area contributed by atoms with Crippen LogP contribution < -0.4 is 5.32 Å². The van der Waals surface area contributed by atoms with Gasteiger partial charge in [-0.15, -0.1) is 0 Å². The van der Waals surface area contributed by atoms with Gasteiger partial charge in [-0.3, -0.25) is 0 Å². The summed E-state index contributed by atoms with van der Waals surface area (Å²) < 4.78 is 7.73. The van der Waals surface area contributed by atoms with Crippen molar-refractivity contribution in [1.82, 2.24) is 9.55 Å². The number of ether oxygens (including phenoxy) is 1. The molecule has 1 N–H and O–H groups in total. The molecule has 0 aromatic carbocycles. The van der Waals surface area contributed by atoms with Crippen molar-refractivity contribution in [3.8, 4) is 0 Å². The average molecular weight is 253 g/mol. The number of nitrogens with one attached hydrogen (secondary N) is 1. The average Bonchev–Trinajstić information content (AvgIpc) is 2.67. The smallest absolute Gasteiger partial charge is 0.203 e. The van der Waals surface area contributed by atoms with Crippen molar-refractivity contribution < 1.29 is 4.74 Å². The van der Waals surface area contributed by atoms with Gasteiger partial charge in [0.1, 0.15) is 0 Å². The Hall–Kier alpha value is -1.03. The Balaban J connectivity index is 2.38. The van der Waals surface area contributed by atoms with Gasteiger partial charge in [0.05, 0.1) is 12.3 Å². The number of rotatable bonds is 9. The van der Waals surface area contributed by atoms with E-state index in [0.29, 0.717) is 5.92 Å². The Kier molecular flexibility index (Phi) is 6.80. The van der Waals surface area contributed by atoms with Gasteiger partial charge >= 0.3 is 0 Å². The van der Waals surface area contributed by atoms with E-state index in [4.69, 9.17) is 4.74 Å². The SMILES string of the molecule is CCCCOCCn1cc(C)nc1NCC(C)C. The van der Waals surface area contributed by atoms with Crippen LogP contribution in [-0.4, -0.2) is 29.3 Å². The topological polar surface area (TPSA) is 39.1 Å². The maximum Gasteiger partial charge on any atom is 0.203 e. The molecule has 0 radical (unpaired) electrons. The summed E-state index contributed by atoms with van der Waals surface area (Å²) >= 11 is 0. The highest BCUT2D eigenvalue weighted by Gasteiger charge is 2.05. The third-order valence-electron chi connectivity index (χ3n) is 2.68. The van der Waals surface area contributed by atoms with Crippen LogP contribution in [0.1, 0.15) is 39.3 Å². The predicted molar refractivity (Wildman–Crippen MR) is 76.0 cm³/mol. The number of imidazole rings is 1. The van der Waals surface area contributed by atoms with Crippen molar-refractivity contribution >= 4 is 5.95 Å². The highest BCUT2D eigenvalue weighted by Crippen LogP contribution is 2.09. The lowest BCUT2D eigenvalue weighted by Crippen LogP contribution is -2.14. The minimum absolute atomic E-state index is 0.622. The monoisotopic (exact) mass is 253 g/mol.